The highest BCUT2D eigenvalue weighted by atomic mass is 35.5. The van der Waals surface area contributed by atoms with Crippen molar-refractivity contribution in [1.29, 1.82) is 0 Å². The van der Waals surface area contributed by atoms with Crippen LogP contribution in [0.4, 0.5) is 24.7 Å². The molecule has 276 valence electrons. The summed E-state index contributed by atoms with van der Waals surface area (Å²) in [4.78, 5) is 35.9. The maximum absolute atomic E-state index is 13.8. The van der Waals surface area contributed by atoms with Gasteiger partial charge >= 0.3 is 6.18 Å². The van der Waals surface area contributed by atoms with Gasteiger partial charge in [-0.15, -0.1) is 0 Å². The Kier molecular flexibility index (Phi) is 10.1. The number of anilines is 2. The van der Waals surface area contributed by atoms with Crippen molar-refractivity contribution in [2.24, 2.45) is 7.05 Å². The predicted octanol–water partition coefficient (Wildman–Crippen LogP) is 8.11. The molecule has 5 aromatic rings. The molecule has 4 heterocycles. The Morgan fingerprint density at radius 3 is 2.49 bits per heavy atom. The molecule has 3 aromatic heterocycles. The number of nitrogens with zero attached hydrogens (tertiary/aromatic N) is 5. The lowest BCUT2D eigenvalue weighted by atomic mass is 9.99. The van der Waals surface area contributed by atoms with Gasteiger partial charge in [-0.1, -0.05) is 53.5 Å². The molecule has 2 aromatic carbocycles. The van der Waals surface area contributed by atoms with E-state index in [1.54, 1.807) is 31.4 Å². The van der Waals surface area contributed by atoms with Crippen molar-refractivity contribution >= 4 is 51.4 Å². The van der Waals surface area contributed by atoms with Gasteiger partial charge in [0.1, 0.15) is 11.5 Å². The number of alkyl halides is 3. The highest BCUT2D eigenvalue weighted by Gasteiger charge is 2.35. The van der Waals surface area contributed by atoms with Gasteiger partial charge in [-0.05, 0) is 62.9 Å². The van der Waals surface area contributed by atoms with Crippen LogP contribution in [0.15, 0.2) is 59.5 Å². The minimum absolute atomic E-state index is 0.0226. The summed E-state index contributed by atoms with van der Waals surface area (Å²) < 4.78 is 48.3. The summed E-state index contributed by atoms with van der Waals surface area (Å²) >= 11 is 14.1. The Morgan fingerprint density at radius 2 is 1.75 bits per heavy atom. The van der Waals surface area contributed by atoms with Crippen LogP contribution < -0.4 is 20.9 Å². The lowest BCUT2D eigenvalue weighted by molar-refractivity contribution is -0.141. The van der Waals surface area contributed by atoms with Crippen molar-refractivity contribution in [3.63, 3.8) is 0 Å². The molecule has 0 bridgehead atoms. The van der Waals surface area contributed by atoms with E-state index in [-0.39, 0.29) is 45.3 Å². The molecule has 53 heavy (non-hydrogen) atoms. The molecule has 15 heteroatoms. The van der Waals surface area contributed by atoms with Crippen LogP contribution in [0, 0.1) is 0 Å². The number of halogens is 5. The monoisotopic (exact) mass is 765 g/mol. The number of carbonyl (C=O) groups is 1. The summed E-state index contributed by atoms with van der Waals surface area (Å²) in [6.07, 6.45) is 1.50. The summed E-state index contributed by atoms with van der Waals surface area (Å²) in [6.45, 7) is 0.816. The van der Waals surface area contributed by atoms with Gasteiger partial charge in [0.2, 0.25) is 11.8 Å². The van der Waals surface area contributed by atoms with Crippen molar-refractivity contribution in [3.05, 3.63) is 91.9 Å². The summed E-state index contributed by atoms with van der Waals surface area (Å²) in [5.41, 5.74) is 2.89. The number of rotatable bonds is 9. The van der Waals surface area contributed by atoms with E-state index in [1.165, 1.54) is 13.2 Å². The Balaban J connectivity index is 1.20. The topological polar surface area (TPSA) is 114 Å². The number of amides is 1. The Morgan fingerprint density at radius 1 is 1.02 bits per heavy atom. The van der Waals surface area contributed by atoms with E-state index in [4.69, 9.17) is 32.9 Å². The zero-order valence-corrected chi connectivity index (χ0v) is 30.7. The van der Waals surface area contributed by atoms with Gasteiger partial charge in [-0.3, -0.25) is 14.5 Å². The van der Waals surface area contributed by atoms with Crippen molar-refractivity contribution < 1.29 is 22.7 Å². The molecular formula is C38H36Cl2F3N7O3. The lowest BCUT2D eigenvalue weighted by Gasteiger charge is -2.29. The standard InChI is InChI=1S/C38H36Cl2F3N7O3/c1-49(16-15-22-7-4-12-30(51)45-22)28-14-13-20-17-27(47-36(53-3)31(20)28)25-10-5-8-23(33(25)39)24-9-6-11-26(34(24)40)46-35-32-21(19-44-50(2)37(32)52)18-29(48-35)38(41,42)43/h5-6,8-11,17-19,22,28H,4,7,12-16H2,1-3H3,(H,45,51)(H,46,48). The molecule has 2 unspecified atom stereocenters. The van der Waals surface area contributed by atoms with E-state index in [9.17, 15) is 22.8 Å². The SMILES string of the molecule is COc1nc(-c2cccc(-c3cccc(Nc4nc(C(F)(F)F)cc5cnn(C)c(=O)c45)c3Cl)c2Cl)cc2c1C(N(C)CCC1CCCC(=O)N1)CC2. The van der Waals surface area contributed by atoms with E-state index in [2.05, 4.69) is 32.7 Å². The average molecular weight is 767 g/mol. The third kappa shape index (κ3) is 7.17. The van der Waals surface area contributed by atoms with Crippen LogP contribution in [-0.4, -0.2) is 57.3 Å². The predicted molar refractivity (Wildman–Crippen MR) is 199 cm³/mol. The molecule has 10 nitrogen and oxygen atoms in total. The number of hydrogen-bond donors (Lipinski definition) is 2. The number of methoxy groups -OCH3 is 1. The van der Waals surface area contributed by atoms with Crippen LogP contribution in [0.3, 0.4) is 0 Å². The number of fused-ring (bicyclic) bond motifs is 2. The zero-order valence-electron chi connectivity index (χ0n) is 29.2. The van der Waals surface area contributed by atoms with E-state index >= 15 is 0 Å². The molecule has 1 amide bonds. The van der Waals surface area contributed by atoms with Gasteiger partial charge in [0.15, 0.2) is 0 Å². The van der Waals surface area contributed by atoms with Gasteiger partial charge in [-0.25, -0.2) is 14.6 Å². The van der Waals surface area contributed by atoms with Crippen LogP contribution in [0.1, 0.15) is 55.0 Å². The molecule has 1 saturated heterocycles. The maximum Gasteiger partial charge on any atom is 0.433 e. The summed E-state index contributed by atoms with van der Waals surface area (Å²) in [6, 6.07) is 13.6. The maximum atomic E-state index is 13.8. The fraction of sp³-hybridized carbons (Fsp3) is 0.342. The van der Waals surface area contributed by atoms with E-state index in [1.807, 2.05) is 18.2 Å². The number of hydrogen-bond acceptors (Lipinski definition) is 8. The number of pyridine rings is 2. The Bertz CT molecular complexity index is 2300. The summed E-state index contributed by atoms with van der Waals surface area (Å²) in [5, 5.41) is 10.3. The van der Waals surface area contributed by atoms with Crippen LogP contribution >= 0.6 is 23.2 Å². The zero-order chi connectivity index (χ0) is 37.6. The Hall–Kier alpha value is -4.72. The second-order valence-electron chi connectivity index (χ2n) is 13.4. The number of benzene rings is 2. The second kappa shape index (κ2) is 14.6. The second-order valence-corrected chi connectivity index (χ2v) is 14.2. The van der Waals surface area contributed by atoms with E-state index in [0.29, 0.717) is 39.7 Å². The molecular weight excluding hydrogens is 730 g/mol. The van der Waals surface area contributed by atoms with Crippen LogP contribution in [0.25, 0.3) is 33.2 Å². The quantitative estimate of drug-likeness (QED) is 0.155. The van der Waals surface area contributed by atoms with E-state index in [0.717, 1.165) is 60.5 Å². The first-order valence-corrected chi connectivity index (χ1v) is 18.0. The molecule has 2 aliphatic rings. The van der Waals surface area contributed by atoms with Crippen LogP contribution in [0.2, 0.25) is 10.0 Å². The number of aromatic nitrogens is 4. The number of carbonyl (C=O) groups excluding carboxylic acids is 1. The van der Waals surface area contributed by atoms with Crippen molar-refractivity contribution in [3.8, 4) is 28.3 Å². The van der Waals surface area contributed by atoms with Gasteiger partial charge in [0.25, 0.3) is 5.56 Å². The van der Waals surface area contributed by atoms with Crippen LogP contribution in [0.5, 0.6) is 5.88 Å². The molecule has 7 rings (SSSR count). The number of ether oxygens (including phenoxy) is 1. The normalized spacial score (nSPS) is 17.3. The van der Waals surface area contributed by atoms with Crippen LogP contribution in [-0.2, 0) is 24.4 Å². The van der Waals surface area contributed by atoms with Crippen molar-refractivity contribution in [2.45, 2.75) is 56.8 Å². The fourth-order valence-electron chi connectivity index (χ4n) is 7.32. The smallest absolute Gasteiger partial charge is 0.433 e. The first-order valence-electron chi connectivity index (χ1n) is 17.2. The van der Waals surface area contributed by atoms with Gasteiger partial charge in [0, 0.05) is 59.7 Å². The highest BCUT2D eigenvalue weighted by molar-refractivity contribution is 6.39. The first kappa shape index (κ1) is 36.6. The van der Waals surface area contributed by atoms with Crippen molar-refractivity contribution in [2.75, 3.05) is 26.0 Å². The third-order valence-corrected chi connectivity index (χ3v) is 10.9. The lowest BCUT2D eigenvalue weighted by Crippen LogP contribution is -2.40. The number of aryl methyl sites for hydroxylation is 2. The molecule has 2 atom stereocenters. The fourth-order valence-corrected chi connectivity index (χ4v) is 7.92. The minimum atomic E-state index is -4.77. The van der Waals surface area contributed by atoms with Gasteiger partial charge in [-0.2, -0.15) is 18.3 Å². The highest BCUT2D eigenvalue weighted by Crippen LogP contribution is 2.46. The minimum Gasteiger partial charge on any atom is -0.481 e. The molecule has 0 saturated carbocycles. The molecule has 2 N–H and O–H groups in total. The number of piperidine rings is 1. The average Bonchev–Trinajstić information content (AvgIpc) is 3.57. The first-order chi connectivity index (χ1) is 25.3. The third-order valence-electron chi connectivity index (χ3n) is 10.0. The van der Waals surface area contributed by atoms with Gasteiger partial charge in [0.05, 0.1) is 40.1 Å². The van der Waals surface area contributed by atoms with Gasteiger partial charge < -0.3 is 15.4 Å². The molecule has 1 aliphatic carbocycles. The Labute approximate surface area is 313 Å². The van der Waals surface area contributed by atoms with Crippen molar-refractivity contribution in [1.82, 2.24) is 30.0 Å². The molecule has 0 spiro atoms. The summed E-state index contributed by atoms with van der Waals surface area (Å²) in [5.74, 6) is 0.330. The molecule has 1 aliphatic heterocycles. The molecule has 0 radical (unpaired) electrons. The molecule has 1 fully saturated rings. The largest absolute Gasteiger partial charge is 0.481 e. The number of nitrogens with one attached hydrogen (secondary N) is 2. The summed E-state index contributed by atoms with van der Waals surface area (Å²) in [7, 11) is 5.09. The van der Waals surface area contributed by atoms with E-state index < -0.39 is 17.4 Å².